The van der Waals surface area contributed by atoms with E-state index in [0.717, 1.165) is 35.7 Å². The van der Waals surface area contributed by atoms with Gasteiger partial charge in [0, 0.05) is 30.3 Å². The number of likely N-dealkylation sites (N-methyl/N-ethyl adjacent to an activating group) is 1. The van der Waals surface area contributed by atoms with Crippen molar-refractivity contribution in [3.63, 3.8) is 0 Å². The van der Waals surface area contributed by atoms with Crippen molar-refractivity contribution in [3.05, 3.63) is 35.9 Å². The lowest BCUT2D eigenvalue weighted by Crippen LogP contribution is -2.57. The first-order valence-corrected chi connectivity index (χ1v) is 6.81. The summed E-state index contributed by atoms with van der Waals surface area (Å²) in [5.74, 6) is 1.28. The monoisotopic (exact) mass is 269 g/mol. The number of nitrogens with one attached hydrogen (secondary N) is 1. The highest BCUT2D eigenvalue weighted by molar-refractivity contribution is 5.70. The molecule has 0 bridgehead atoms. The van der Waals surface area contributed by atoms with Gasteiger partial charge in [-0.1, -0.05) is 30.3 Å². The van der Waals surface area contributed by atoms with Gasteiger partial charge in [-0.05, 0) is 14.0 Å². The number of nitrogen functional groups attached to an aromatic ring is 1. The minimum atomic E-state index is 0.331. The van der Waals surface area contributed by atoms with Gasteiger partial charge in [0.1, 0.15) is 5.82 Å². The number of nitrogens with two attached hydrogens (primary N) is 1. The zero-order valence-electron chi connectivity index (χ0n) is 11.8. The summed E-state index contributed by atoms with van der Waals surface area (Å²) in [6, 6.07) is 10.6. The predicted molar refractivity (Wildman–Crippen MR) is 81.7 cm³/mol. The molecule has 0 amide bonds. The molecule has 3 rings (SSSR count). The molecular formula is C15H19N5. The molecule has 1 saturated heterocycles. The second-order valence-electron chi connectivity index (χ2n) is 5.14. The molecule has 2 heterocycles. The molecule has 0 radical (unpaired) electrons. The Labute approximate surface area is 118 Å². The van der Waals surface area contributed by atoms with Crippen LogP contribution < -0.4 is 16.0 Å². The number of hydrogen-bond acceptors (Lipinski definition) is 5. The second-order valence-corrected chi connectivity index (χ2v) is 5.14. The van der Waals surface area contributed by atoms with Crippen LogP contribution in [0.1, 0.15) is 5.56 Å². The third kappa shape index (κ3) is 2.20. The molecule has 0 atom stereocenters. The molecule has 0 saturated carbocycles. The number of benzene rings is 1. The molecule has 1 fully saturated rings. The highest BCUT2D eigenvalue weighted by Crippen LogP contribution is 2.30. The SMILES string of the molecule is CNC1CN(c2nc(N)nc(-c3ccccc3)c2C)C1. The van der Waals surface area contributed by atoms with E-state index in [1.54, 1.807) is 0 Å². The van der Waals surface area contributed by atoms with Gasteiger partial charge in [0.05, 0.1) is 5.69 Å². The molecule has 1 aliphatic heterocycles. The molecule has 0 unspecified atom stereocenters. The average molecular weight is 269 g/mol. The average Bonchev–Trinajstić information content (AvgIpc) is 2.42. The van der Waals surface area contributed by atoms with Crippen LogP contribution in [-0.2, 0) is 0 Å². The molecule has 1 aliphatic rings. The van der Waals surface area contributed by atoms with Gasteiger partial charge >= 0.3 is 0 Å². The summed E-state index contributed by atoms with van der Waals surface area (Å²) in [7, 11) is 1.98. The van der Waals surface area contributed by atoms with Crippen molar-refractivity contribution in [1.29, 1.82) is 0 Å². The van der Waals surface area contributed by atoms with Crippen molar-refractivity contribution in [2.75, 3.05) is 30.8 Å². The van der Waals surface area contributed by atoms with Crippen LogP contribution in [0.4, 0.5) is 11.8 Å². The Balaban J connectivity index is 1.99. The van der Waals surface area contributed by atoms with Crippen LogP contribution in [0.5, 0.6) is 0 Å². The standard InChI is InChI=1S/C15H19N5/c1-10-13(11-6-4-3-5-7-11)18-15(16)19-14(10)20-8-12(9-20)17-2/h3-7,12,17H,8-9H2,1-2H3,(H2,16,18,19). The van der Waals surface area contributed by atoms with Gasteiger partial charge in [0.25, 0.3) is 0 Å². The van der Waals surface area contributed by atoms with Crippen LogP contribution in [0.15, 0.2) is 30.3 Å². The molecule has 2 aromatic rings. The smallest absolute Gasteiger partial charge is 0.222 e. The normalized spacial score (nSPS) is 15.2. The van der Waals surface area contributed by atoms with E-state index in [1.807, 2.05) is 37.4 Å². The zero-order valence-corrected chi connectivity index (χ0v) is 11.8. The highest BCUT2D eigenvalue weighted by atomic mass is 15.3. The van der Waals surface area contributed by atoms with Gasteiger partial charge in [-0.3, -0.25) is 0 Å². The van der Waals surface area contributed by atoms with E-state index < -0.39 is 0 Å². The fourth-order valence-corrected chi connectivity index (χ4v) is 2.54. The molecule has 0 spiro atoms. The quantitative estimate of drug-likeness (QED) is 0.882. The summed E-state index contributed by atoms with van der Waals surface area (Å²) in [6.07, 6.45) is 0. The second kappa shape index (κ2) is 5.09. The van der Waals surface area contributed by atoms with Gasteiger partial charge in [-0.15, -0.1) is 0 Å². The number of aromatic nitrogens is 2. The first-order valence-electron chi connectivity index (χ1n) is 6.81. The summed E-state index contributed by atoms with van der Waals surface area (Å²) in [5, 5.41) is 3.27. The van der Waals surface area contributed by atoms with Crippen LogP contribution >= 0.6 is 0 Å². The Bertz CT molecular complexity index is 605. The van der Waals surface area contributed by atoms with Crippen molar-refractivity contribution < 1.29 is 0 Å². The molecular weight excluding hydrogens is 250 g/mol. The van der Waals surface area contributed by atoms with E-state index in [0.29, 0.717) is 12.0 Å². The minimum Gasteiger partial charge on any atom is -0.368 e. The lowest BCUT2D eigenvalue weighted by Gasteiger charge is -2.40. The van der Waals surface area contributed by atoms with Crippen LogP contribution in [0.25, 0.3) is 11.3 Å². The molecule has 20 heavy (non-hydrogen) atoms. The number of hydrogen-bond donors (Lipinski definition) is 2. The molecule has 1 aromatic heterocycles. The molecule has 1 aromatic carbocycles. The Morgan fingerprint density at radius 1 is 1.20 bits per heavy atom. The third-order valence-electron chi connectivity index (χ3n) is 3.77. The summed E-state index contributed by atoms with van der Waals surface area (Å²) in [5.41, 5.74) is 8.96. The zero-order chi connectivity index (χ0) is 14.1. The van der Waals surface area contributed by atoms with Crippen molar-refractivity contribution >= 4 is 11.8 Å². The fourth-order valence-electron chi connectivity index (χ4n) is 2.54. The van der Waals surface area contributed by atoms with E-state index in [-0.39, 0.29) is 0 Å². The molecule has 104 valence electrons. The lowest BCUT2D eigenvalue weighted by atomic mass is 10.0. The first-order chi connectivity index (χ1) is 9.69. The fraction of sp³-hybridized carbons (Fsp3) is 0.333. The summed E-state index contributed by atoms with van der Waals surface area (Å²) in [6.45, 7) is 3.98. The van der Waals surface area contributed by atoms with E-state index >= 15 is 0 Å². The molecule has 0 aliphatic carbocycles. The van der Waals surface area contributed by atoms with Gasteiger partial charge in [0.2, 0.25) is 5.95 Å². The van der Waals surface area contributed by atoms with E-state index in [9.17, 15) is 0 Å². The number of nitrogens with zero attached hydrogens (tertiary/aromatic N) is 3. The van der Waals surface area contributed by atoms with Crippen molar-refractivity contribution in [1.82, 2.24) is 15.3 Å². The van der Waals surface area contributed by atoms with Crippen molar-refractivity contribution in [3.8, 4) is 11.3 Å². The van der Waals surface area contributed by atoms with Gasteiger partial charge < -0.3 is 16.0 Å². The minimum absolute atomic E-state index is 0.331. The number of rotatable bonds is 3. The van der Waals surface area contributed by atoms with Crippen LogP contribution in [0.3, 0.4) is 0 Å². The van der Waals surface area contributed by atoms with Crippen molar-refractivity contribution in [2.24, 2.45) is 0 Å². The Morgan fingerprint density at radius 2 is 1.90 bits per heavy atom. The van der Waals surface area contributed by atoms with E-state index in [4.69, 9.17) is 5.73 Å². The van der Waals surface area contributed by atoms with Crippen LogP contribution in [0.2, 0.25) is 0 Å². The van der Waals surface area contributed by atoms with Gasteiger partial charge in [-0.25, -0.2) is 4.98 Å². The summed E-state index contributed by atoms with van der Waals surface area (Å²) < 4.78 is 0. The third-order valence-corrected chi connectivity index (χ3v) is 3.77. The van der Waals surface area contributed by atoms with Crippen molar-refractivity contribution in [2.45, 2.75) is 13.0 Å². The van der Waals surface area contributed by atoms with Gasteiger partial charge in [0.15, 0.2) is 0 Å². The Hall–Kier alpha value is -2.14. The highest BCUT2D eigenvalue weighted by Gasteiger charge is 2.28. The molecule has 5 heteroatoms. The summed E-state index contributed by atoms with van der Waals surface area (Å²) in [4.78, 5) is 11.1. The van der Waals surface area contributed by atoms with E-state index in [1.165, 1.54) is 0 Å². The largest absolute Gasteiger partial charge is 0.368 e. The maximum Gasteiger partial charge on any atom is 0.222 e. The maximum atomic E-state index is 5.88. The molecule has 3 N–H and O–H groups in total. The predicted octanol–water partition coefficient (Wildman–Crippen LogP) is 1.44. The summed E-state index contributed by atoms with van der Waals surface area (Å²) >= 11 is 0. The van der Waals surface area contributed by atoms with Crippen LogP contribution in [0, 0.1) is 6.92 Å². The van der Waals surface area contributed by atoms with Gasteiger partial charge in [-0.2, -0.15) is 4.98 Å². The lowest BCUT2D eigenvalue weighted by molar-refractivity contribution is 0.446. The van der Waals surface area contributed by atoms with E-state index in [2.05, 4.69) is 27.1 Å². The Morgan fingerprint density at radius 3 is 2.55 bits per heavy atom. The van der Waals surface area contributed by atoms with Crippen LogP contribution in [-0.4, -0.2) is 36.1 Å². The maximum absolute atomic E-state index is 5.88. The topological polar surface area (TPSA) is 67.1 Å². The molecule has 5 nitrogen and oxygen atoms in total. The Kier molecular flexibility index (Phi) is 3.28. The number of anilines is 2. The first kappa shape index (κ1) is 12.9.